The number of hydrogen-bond acceptors (Lipinski definition) is 8. The van der Waals surface area contributed by atoms with Crippen molar-refractivity contribution >= 4 is 19.8 Å². The average Bonchev–Trinajstić information content (AvgIpc) is 3.07. The number of rotatable bonds is 8. The molecule has 3 aliphatic heterocycles. The minimum Gasteiger partial charge on any atom is -0.388 e. The number of aromatic nitrogens is 2. The number of alkyl halides is 3. The number of aliphatic hydroxyl groups excluding tert-OH is 2. The van der Waals surface area contributed by atoms with E-state index in [-0.39, 0.29) is 40.9 Å². The second-order valence-corrected chi connectivity index (χ2v) is 12.9. The van der Waals surface area contributed by atoms with Gasteiger partial charge in [-0.15, -0.1) is 0 Å². The van der Waals surface area contributed by atoms with Crippen molar-refractivity contribution in [2.45, 2.75) is 102 Å². The standard InChI is InChI=1S/C24H34F3N2O7PS/c1-7-22(5,36-37(33,34)23(6,32)8-2)10-15-16(30)17(31)18(35-15)14-9-13-11(3)12(4)19(24(25,26)27)28-20(13)29-21(14)38/h9,15-18,30-32H,7-8,10H2,1-6H3,(H,33,34)(H,28,29,38)/t15-,16?,17+,18+,22?,23?/m1/s1. The summed E-state index contributed by atoms with van der Waals surface area (Å²) < 4.78 is 64.5. The Morgan fingerprint density at radius 1 is 1.16 bits per heavy atom. The Morgan fingerprint density at radius 2 is 1.76 bits per heavy atom. The van der Waals surface area contributed by atoms with Gasteiger partial charge in [0.25, 0.3) is 0 Å². The van der Waals surface area contributed by atoms with E-state index in [9.17, 15) is 37.9 Å². The van der Waals surface area contributed by atoms with Gasteiger partial charge in [0.1, 0.15) is 34.5 Å². The Hall–Kier alpha value is -1.44. The summed E-state index contributed by atoms with van der Waals surface area (Å²) in [6.45, 7) is 8.81. The third-order valence-corrected chi connectivity index (χ3v) is 10.1. The number of aliphatic hydroxyl groups is 3. The zero-order valence-corrected chi connectivity index (χ0v) is 23.7. The lowest BCUT2D eigenvalue weighted by molar-refractivity contribution is -0.141. The van der Waals surface area contributed by atoms with Crippen molar-refractivity contribution in [1.82, 2.24) is 9.97 Å². The fourth-order valence-electron chi connectivity index (χ4n) is 4.43. The first kappa shape index (κ1) is 31.1. The molecule has 0 radical (unpaired) electrons. The summed E-state index contributed by atoms with van der Waals surface area (Å²) in [6, 6.07) is 1.49. The Morgan fingerprint density at radius 3 is 2.29 bits per heavy atom. The van der Waals surface area contributed by atoms with Crippen molar-refractivity contribution in [1.29, 1.82) is 0 Å². The van der Waals surface area contributed by atoms with Crippen LogP contribution in [-0.2, 0) is 20.0 Å². The number of pyridine rings is 2. The summed E-state index contributed by atoms with van der Waals surface area (Å²) in [6.07, 6.45) is -9.69. The Bertz CT molecular complexity index is 1270. The third-order valence-electron chi connectivity index (χ3n) is 7.56. The van der Waals surface area contributed by atoms with Crippen molar-refractivity contribution in [3.05, 3.63) is 33.1 Å². The lowest BCUT2D eigenvalue weighted by Crippen LogP contribution is -2.40. The van der Waals surface area contributed by atoms with Crippen molar-refractivity contribution in [3.63, 3.8) is 0 Å². The number of H-pyrrole nitrogens is 1. The molecule has 3 aliphatic rings. The minimum atomic E-state index is -4.62. The van der Waals surface area contributed by atoms with Gasteiger partial charge in [0.2, 0.25) is 0 Å². The van der Waals surface area contributed by atoms with E-state index < -0.39 is 54.8 Å². The number of aromatic amines is 1. The van der Waals surface area contributed by atoms with Gasteiger partial charge in [0.15, 0.2) is 5.34 Å². The molecule has 0 saturated carbocycles. The molecule has 0 aliphatic carbocycles. The van der Waals surface area contributed by atoms with Crippen LogP contribution in [0.15, 0.2) is 6.07 Å². The molecule has 214 valence electrons. The van der Waals surface area contributed by atoms with Crippen LogP contribution in [0.4, 0.5) is 13.2 Å². The van der Waals surface area contributed by atoms with E-state index in [4.69, 9.17) is 21.5 Å². The zero-order chi connectivity index (χ0) is 29.0. The molecule has 0 aromatic heterocycles. The van der Waals surface area contributed by atoms with Crippen LogP contribution in [0.25, 0.3) is 11.4 Å². The maximum absolute atomic E-state index is 13.4. The van der Waals surface area contributed by atoms with E-state index in [1.807, 2.05) is 0 Å². The van der Waals surface area contributed by atoms with E-state index in [2.05, 4.69) is 9.97 Å². The Labute approximate surface area is 223 Å². The molecule has 38 heavy (non-hydrogen) atoms. The van der Waals surface area contributed by atoms with Crippen LogP contribution >= 0.6 is 19.8 Å². The molecule has 3 heterocycles. The van der Waals surface area contributed by atoms with E-state index >= 15 is 0 Å². The van der Waals surface area contributed by atoms with Crippen LogP contribution in [0.5, 0.6) is 0 Å². The highest BCUT2D eigenvalue weighted by Gasteiger charge is 2.51. The molecule has 14 heteroatoms. The van der Waals surface area contributed by atoms with Crippen molar-refractivity contribution in [2.75, 3.05) is 0 Å². The highest BCUT2D eigenvalue weighted by molar-refractivity contribution is 7.71. The number of nitrogens with one attached hydrogen (secondary N) is 1. The second kappa shape index (κ2) is 10.5. The smallest absolute Gasteiger partial charge is 0.388 e. The Balaban J connectivity index is 1.96. The predicted molar refractivity (Wildman–Crippen MR) is 135 cm³/mol. The summed E-state index contributed by atoms with van der Waals surface area (Å²) in [4.78, 5) is 16.8. The van der Waals surface area contributed by atoms with Crippen molar-refractivity contribution < 1.29 is 47.2 Å². The summed E-state index contributed by atoms with van der Waals surface area (Å²) in [7, 11) is -4.51. The lowest BCUT2D eigenvalue weighted by Gasteiger charge is -2.37. The second-order valence-electron chi connectivity index (χ2n) is 10.3. The average molecular weight is 583 g/mol. The van der Waals surface area contributed by atoms with Gasteiger partial charge in [0, 0.05) is 17.5 Å². The Kier molecular flexibility index (Phi) is 8.60. The number of nitrogens with zero attached hydrogens (tertiary/aromatic N) is 1. The lowest BCUT2D eigenvalue weighted by atomic mass is 9.92. The molecule has 1 saturated heterocycles. The zero-order valence-electron chi connectivity index (χ0n) is 22.0. The molecule has 7 atom stereocenters. The molecule has 3 rings (SSSR count). The molecular formula is C24H34F3N2O7PS. The maximum atomic E-state index is 13.4. The summed E-state index contributed by atoms with van der Waals surface area (Å²) in [5, 5.41) is 30.0. The van der Waals surface area contributed by atoms with Gasteiger partial charge in [-0.1, -0.05) is 26.1 Å². The topological polar surface area (TPSA) is 145 Å². The molecule has 1 fully saturated rings. The van der Waals surface area contributed by atoms with Crippen LogP contribution in [0.2, 0.25) is 0 Å². The van der Waals surface area contributed by atoms with Crippen LogP contribution in [-0.4, -0.2) is 59.4 Å². The molecule has 5 N–H and O–H groups in total. The first-order valence-corrected chi connectivity index (χ1v) is 14.2. The van der Waals surface area contributed by atoms with E-state index in [1.165, 1.54) is 40.7 Å². The third kappa shape index (κ3) is 5.71. The summed E-state index contributed by atoms with van der Waals surface area (Å²) in [5.74, 6) is -0.0765. The minimum absolute atomic E-state index is 0.0204. The van der Waals surface area contributed by atoms with Crippen molar-refractivity contribution in [3.8, 4) is 11.4 Å². The van der Waals surface area contributed by atoms with Crippen LogP contribution < -0.4 is 0 Å². The summed E-state index contributed by atoms with van der Waals surface area (Å²) in [5.41, 5.74) is -1.41. The maximum Gasteiger partial charge on any atom is 0.431 e. The molecule has 9 nitrogen and oxygen atoms in total. The molecule has 0 aromatic carbocycles. The molecule has 0 bridgehead atoms. The molecule has 0 amide bonds. The van der Waals surface area contributed by atoms with Crippen LogP contribution in [0.1, 0.15) is 75.4 Å². The van der Waals surface area contributed by atoms with Gasteiger partial charge in [-0.05, 0) is 57.7 Å². The molecular weight excluding hydrogens is 548 g/mol. The fraction of sp³-hybridized carbons (Fsp3) is 0.667. The van der Waals surface area contributed by atoms with Crippen LogP contribution in [0.3, 0.4) is 0 Å². The van der Waals surface area contributed by atoms with Gasteiger partial charge < -0.3 is 34.5 Å². The highest BCUT2D eigenvalue weighted by atomic mass is 32.1. The largest absolute Gasteiger partial charge is 0.431 e. The van der Waals surface area contributed by atoms with E-state index in [0.717, 1.165) is 0 Å². The number of fused-ring (bicyclic) bond motifs is 1. The first-order chi connectivity index (χ1) is 17.3. The van der Waals surface area contributed by atoms with Crippen molar-refractivity contribution in [2.24, 2.45) is 0 Å². The van der Waals surface area contributed by atoms with Gasteiger partial charge in [-0.3, -0.25) is 4.57 Å². The number of hydrogen-bond donors (Lipinski definition) is 5. The van der Waals surface area contributed by atoms with Crippen LogP contribution in [0, 0.1) is 18.5 Å². The summed E-state index contributed by atoms with van der Waals surface area (Å²) >= 11 is 5.31. The fourth-order valence-corrected chi connectivity index (χ4v) is 6.09. The van der Waals surface area contributed by atoms with E-state index in [0.29, 0.717) is 11.1 Å². The first-order valence-electron chi connectivity index (χ1n) is 12.2. The van der Waals surface area contributed by atoms with E-state index in [1.54, 1.807) is 6.92 Å². The number of halogens is 3. The normalized spacial score (nSPS) is 27.2. The quantitative estimate of drug-likeness (QED) is 0.216. The van der Waals surface area contributed by atoms with Gasteiger partial charge in [-0.2, -0.15) is 13.2 Å². The highest BCUT2D eigenvalue weighted by Crippen LogP contribution is 2.59. The van der Waals surface area contributed by atoms with Gasteiger partial charge in [-0.25, -0.2) is 4.98 Å². The molecule has 0 spiro atoms. The molecule has 0 aromatic rings. The van der Waals surface area contributed by atoms with Gasteiger partial charge in [0.05, 0.1) is 11.7 Å². The monoisotopic (exact) mass is 582 g/mol. The number of ether oxygens (including phenoxy) is 1. The van der Waals surface area contributed by atoms with Gasteiger partial charge >= 0.3 is 13.8 Å². The molecule has 4 unspecified atom stereocenters. The predicted octanol–water partition coefficient (Wildman–Crippen LogP) is 4.92. The SMILES string of the molecule is CCC(C)(C[C@H]1O[C@@H](c2cc3c(C)c(C)c(C(F)(F)F)[nH]c-3nc2=S)[C@@H](O)C1O)OP(=O)(O)C(C)(O)CC.